The predicted octanol–water partition coefficient (Wildman–Crippen LogP) is 5.02. The molecule has 1 atom stereocenters. The van der Waals surface area contributed by atoms with Crippen LogP contribution in [0.2, 0.25) is 0 Å². The van der Waals surface area contributed by atoms with Crippen molar-refractivity contribution in [3.63, 3.8) is 0 Å². The summed E-state index contributed by atoms with van der Waals surface area (Å²) in [4.78, 5) is 0. The Bertz CT molecular complexity index is 575. The Labute approximate surface area is 128 Å². The number of nitrogens with one attached hydrogen (secondary N) is 1. The Morgan fingerprint density at radius 3 is 2.29 bits per heavy atom. The van der Waals surface area contributed by atoms with Crippen molar-refractivity contribution in [3.8, 4) is 11.5 Å². The minimum atomic E-state index is 0.599. The molecule has 0 aliphatic carbocycles. The van der Waals surface area contributed by atoms with Gasteiger partial charge in [-0.15, -0.1) is 0 Å². The fraction of sp³-hybridized carbons (Fsp3) is 0.368. The van der Waals surface area contributed by atoms with Gasteiger partial charge in [-0.3, -0.25) is 0 Å². The molecule has 0 aliphatic rings. The number of benzene rings is 2. The first-order chi connectivity index (χ1) is 10.1. The zero-order valence-electron chi connectivity index (χ0n) is 13.4. The topological polar surface area (TPSA) is 21.3 Å². The largest absolute Gasteiger partial charge is 0.457 e. The quantitative estimate of drug-likeness (QED) is 0.803. The van der Waals surface area contributed by atoms with Gasteiger partial charge >= 0.3 is 0 Å². The maximum atomic E-state index is 5.94. The van der Waals surface area contributed by atoms with E-state index in [4.69, 9.17) is 4.74 Å². The highest BCUT2D eigenvalue weighted by atomic mass is 16.5. The second-order valence-electron chi connectivity index (χ2n) is 5.60. The molecule has 2 aromatic carbocycles. The van der Waals surface area contributed by atoms with E-state index in [1.165, 1.54) is 16.7 Å². The molecule has 1 unspecified atom stereocenters. The van der Waals surface area contributed by atoms with Gasteiger partial charge in [0.25, 0.3) is 0 Å². The minimum Gasteiger partial charge on any atom is -0.457 e. The number of ether oxygens (including phenoxy) is 1. The average molecular weight is 283 g/mol. The number of hydrogen-bond acceptors (Lipinski definition) is 2. The highest BCUT2D eigenvalue weighted by Gasteiger charge is 2.04. The summed E-state index contributed by atoms with van der Waals surface area (Å²) in [5.74, 6) is 2.38. The Morgan fingerprint density at radius 2 is 1.71 bits per heavy atom. The molecule has 2 nitrogen and oxygen atoms in total. The molecule has 2 aromatic rings. The molecule has 0 saturated carbocycles. The van der Waals surface area contributed by atoms with Crippen LogP contribution in [0.1, 0.15) is 42.9 Å². The van der Waals surface area contributed by atoms with Gasteiger partial charge in [0.2, 0.25) is 0 Å². The molecule has 0 saturated heterocycles. The molecule has 0 aromatic heterocycles. The fourth-order valence-electron chi connectivity index (χ4n) is 2.36. The molecule has 0 bridgehead atoms. The van der Waals surface area contributed by atoms with Crippen molar-refractivity contribution >= 4 is 0 Å². The zero-order valence-corrected chi connectivity index (χ0v) is 13.4. The van der Waals surface area contributed by atoms with E-state index < -0.39 is 0 Å². The molecule has 0 spiro atoms. The zero-order chi connectivity index (χ0) is 15.2. The highest BCUT2D eigenvalue weighted by molar-refractivity contribution is 5.38. The van der Waals surface area contributed by atoms with E-state index in [9.17, 15) is 0 Å². The molecule has 112 valence electrons. The van der Waals surface area contributed by atoms with Gasteiger partial charge in [-0.05, 0) is 67.3 Å². The second-order valence-corrected chi connectivity index (χ2v) is 5.60. The van der Waals surface area contributed by atoms with Crippen LogP contribution in [0.4, 0.5) is 0 Å². The lowest BCUT2D eigenvalue weighted by Gasteiger charge is -2.12. The molecule has 2 rings (SSSR count). The molecule has 0 heterocycles. The first-order valence-corrected chi connectivity index (χ1v) is 7.66. The average Bonchev–Trinajstić information content (AvgIpc) is 2.50. The van der Waals surface area contributed by atoms with Crippen molar-refractivity contribution in [1.29, 1.82) is 0 Å². The summed E-state index contributed by atoms with van der Waals surface area (Å²) in [5.41, 5.74) is 3.92. The molecule has 0 aliphatic heterocycles. The van der Waals surface area contributed by atoms with E-state index in [1.54, 1.807) is 0 Å². The smallest absolute Gasteiger partial charge is 0.127 e. The van der Waals surface area contributed by atoms with Gasteiger partial charge in [-0.1, -0.05) is 32.0 Å². The molecular formula is C19H25NO. The third-order valence-corrected chi connectivity index (χ3v) is 3.98. The summed E-state index contributed by atoms with van der Waals surface area (Å²) in [6.45, 7) is 7.46. The van der Waals surface area contributed by atoms with E-state index >= 15 is 0 Å². The standard InChI is InChI=1S/C19H25NO/c1-5-14(2)16-6-9-18(10-7-16)21-19-11-8-17(13-20-4)15(3)12-19/h6-12,14,20H,5,13H2,1-4H3. The third kappa shape index (κ3) is 4.08. The lowest BCUT2D eigenvalue weighted by molar-refractivity contribution is 0.481. The summed E-state index contributed by atoms with van der Waals surface area (Å²) in [6, 6.07) is 14.7. The maximum absolute atomic E-state index is 5.94. The minimum absolute atomic E-state index is 0.599. The van der Waals surface area contributed by atoms with Crippen LogP contribution in [-0.4, -0.2) is 7.05 Å². The van der Waals surface area contributed by atoms with Crippen molar-refractivity contribution in [3.05, 3.63) is 59.2 Å². The Morgan fingerprint density at radius 1 is 1.05 bits per heavy atom. The van der Waals surface area contributed by atoms with Crippen LogP contribution >= 0.6 is 0 Å². The predicted molar refractivity (Wildman–Crippen MR) is 89.2 cm³/mol. The van der Waals surface area contributed by atoms with Crippen molar-refractivity contribution in [2.24, 2.45) is 0 Å². The van der Waals surface area contributed by atoms with Crippen LogP contribution < -0.4 is 10.1 Å². The summed E-state index contributed by atoms with van der Waals surface area (Å²) < 4.78 is 5.94. The van der Waals surface area contributed by atoms with Gasteiger partial charge in [-0.2, -0.15) is 0 Å². The summed E-state index contributed by atoms with van der Waals surface area (Å²) in [6.07, 6.45) is 1.16. The summed E-state index contributed by atoms with van der Waals surface area (Å²) in [7, 11) is 1.96. The van der Waals surface area contributed by atoms with Crippen molar-refractivity contribution in [2.75, 3.05) is 7.05 Å². The van der Waals surface area contributed by atoms with E-state index in [-0.39, 0.29) is 0 Å². The van der Waals surface area contributed by atoms with Crippen LogP contribution in [0, 0.1) is 6.92 Å². The Balaban J connectivity index is 2.09. The number of rotatable bonds is 6. The SMILES string of the molecule is CCC(C)c1ccc(Oc2ccc(CNC)c(C)c2)cc1. The number of hydrogen-bond donors (Lipinski definition) is 1. The molecule has 21 heavy (non-hydrogen) atoms. The van der Waals surface area contributed by atoms with Crippen LogP contribution in [0.3, 0.4) is 0 Å². The van der Waals surface area contributed by atoms with Gasteiger partial charge < -0.3 is 10.1 Å². The third-order valence-electron chi connectivity index (χ3n) is 3.98. The first kappa shape index (κ1) is 15.6. The van der Waals surface area contributed by atoms with Gasteiger partial charge in [-0.25, -0.2) is 0 Å². The molecule has 0 radical (unpaired) electrons. The van der Waals surface area contributed by atoms with E-state index in [0.717, 1.165) is 24.5 Å². The maximum Gasteiger partial charge on any atom is 0.127 e. The van der Waals surface area contributed by atoms with Gasteiger partial charge in [0.05, 0.1) is 0 Å². The molecule has 2 heteroatoms. The lowest BCUT2D eigenvalue weighted by atomic mass is 9.99. The van der Waals surface area contributed by atoms with Crippen molar-refractivity contribution in [1.82, 2.24) is 5.32 Å². The fourth-order valence-corrected chi connectivity index (χ4v) is 2.36. The molecule has 1 N–H and O–H groups in total. The lowest BCUT2D eigenvalue weighted by Crippen LogP contribution is -2.06. The molecular weight excluding hydrogens is 258 g/mol. The highest BCUT2D eigenvalue weighted by Crippen LogP contribution is 2.26. The normalized spacial score (nSPS) is 12.2. The van der Waals surface area contributed by atoms with Gasteiger partial charge in [0, 0.05) is 6.54 Å². The molecule has 0 fully saturated rings. The van der Waals surface area contributed by atoms with Crippen LogP contribution in [0.15, 0.2) is 42.5 Å². The Kier molecular flexibility index (Phi) is 5.40. The number of aryl methyl sites for hydroxylation is 1. The molecule has 0 amide bonds. The van der Waals surface area contributed by atoms with E-state index in [2.05, 4.69) is 62.5 Å². The van der Waals surface area contributed by atoms with Crippen LogP contribution in [0.25, 0.3) is 0 Å². The van der Waals surface area contributed by atoms with Gasteiger partial charge in [0.15, 0.2) is 0 Å². The van der Waals surface area contributed by atoms with Crippen molar-refractivity contribution in [2.45, 2.75) is 39.7 Å². The van der Waals surface area contributed by atoms with E-state index in [1.807, 2.05) is 13.1 Å². The monoisotopic (exact) mass is 283 g/mol. The van der Waals surface area contributed by atoms with E-state index in [0.29, 0.717) is 5.92 Å². The first-order valence-electron chi connectivity index (χ1n) is 7.66. The van der Waals surface area contributed by atoms with Crippen LogP contribution in [0.5, 0.6) is 11.5 Å². The summed E-state index contributed by atoms with van der Waals surface area (Å²) in [5, 5.41) is 3.18. The van der Waals surface area contributed by atoms with Crippen molar-refractivity contribution < 1.29 is 4.74 Å². The van der Waals surface area contributed by atoms with Crippen LogP contribution in [-0.2, 0) is 6.54 Å². The van der Waals surface area contributed by atoms with Gasteiger partial charge in [0.1, 0.15) is 11.5 Å². The Hall–Kier alpha value is -1.80. The summed E-state index contributed by atoms with van der Waals surface area (Å²) >= 11 is 0. The second kappa shape index (κ2) is 7.28.